The van der Waals surface area contributed by atoms with E-state index in [1.54, 1.807) is 18.7 Å². The van der Waals surface area contributed by atoms with Crippen LogP contribution in [0.1, 0.15) is 278 Å². The molecule has 6 fully saturated rings. The third kappa shape index (κ3) is 27.7. The molecule has 490 valence electrons. The number of halogens is 4. The van der Waals surface area contributed by atoms with E-state index < -0.39 is 20.8 Å². The zero-order valence-electron chi connectivity index (χ0n) is 55.4. The Kier molecular flexibility index (Phi) is 41.7. The molecule has 0 bridgehead atoms. The molecule has 2 radical (unpaired) electrons. The molecule has 88 heavy (non-hydrogen) atoms. The summed E-state index contributed by atoms with van der Waals surface area (Å²) in [5.74, 6) is 10.6. The Morgan fingerprint density at radius 1 is 0.432 bits per heavy atom. The van der Waals surface area contributed by atoms with Crippen molar-refractivity contribution in [3.8, 4) is 11.5 Å². The van der Waals surface area contributed by atoms with Gasteiger partial charge in [-0.3, -0.25) is 0 Å². The molecule has 0 saturated heterocycles. The first-order valence-corrected chi connectivity index (χ1v) is 35.4. The van der Waals surface area contributed by atoms with Gasteiger partial charge in [0.1, 0.15) is 11.5 Å². The van der Waals surface area contributed by atoms with Gasteiger partial charge in [0.25, 0.3) is 9.20 Å². The standard InChI is InChI=1S/C21H30.C20H26F2.C19H30O.C18H28O.F2HP.H3P.2V/c1-3-17-6-10-19(11-7-17)21-14-12-20(13-15-21)18-8-4-16(2)5-9-18;1-2-14-3-5-15(6-4-14)16-7-9-17(10-8-16)18-11-12-19(21)20(22)13-18;1-3-5-6-7-16-8-10-17(11-9-16)18-12-14-19(15-13-18)20-4-2;1-3-4-5-6-15-7-9-16(10-8-15)17-11-13-18(19-2)14-12-17;1-3-2;;;/h3-5,8-9,17,19-21H,1,6-7,10-15H2,2H3;2,11-17H,1,3-10H2;12-17H,3-11H2,1-2H3;11-16H,3-10H2,1-2H3;3H;1H3;;. The van der Waals surface area contributed by atoms with Crippen LogP contribution >= 0.6 is 19.1 Å². The van der Waals surface area contributed by atoms with Crippen molar-refractivity contribution in [1.29, 1.82) is 0 Å². The summed E-state index contributed by atoms with van der Waals surface area (Å²) in [5, 5.41) is 0. The molecule has 0 amide bonds. The van der Waals surface area contributed by atoms with Crippen LogP contribution in [0.2, 0.25) is 0 Å². The van der Waals surface area contributed by atoms with Crippen LogP contribution in [-0.4, -0.2) is 13.7 Å². The summed E-state index contributed by atoms with van der Waals surface area (Å²) < 4.78 is 56.5. The van der Waals surface area contributed by atoms with Gasteiger partial charge in [0.2, 0.25) is 0 Å². The van der Waals surface area contributed by atoms with E-state index in [4.69, 9.17) is 9.47 Å². The first kappa shape index (κ1) is 79.9. The van der Waals surface area contributed by atoms with Crippen molar-refractivity contribution in [2.45, 2.75) is 257 Å². The van der Waals surface area contributed by atoms with Crippen LogP contribution in [0.4, 0.5) is 17.2 Å². The van der Waals surface area contributed by atoms with Crippen LogP contribution < -0.4 is 9.47 Å². The van der Waals surface area contributed by atoms with E-state index in [-0.39, 0.29) is 47.0 Å². The normalized spacial score (nSPS) is 26.6. The predicted molar refractivity (Wildman–Crippen MR) is 368 cm³/mol. The van der Waals surface area contributed by atoms with Crippen LogP contribution in [0.3, 0.4) is 0 Å². The van der Waals surface area contributed by atoms with Crippen molar-refractivity contribution in [1.82, 2.24) is 0 Å². The number of hydrogen-bond donors (Lipinski definition) is 0. The Morgan fingerprint density at radius 2 is 0.750 bits per heavy atom. The van der Waals surface area contributed by atoms with Gasteiger partial charge >= 0.3 is 0 Å². The van der Waals surface area contributed by atoms with Crippen molar-refractivity contribution < 1.29 is 63.8 Å². The van der Waals surface area contributed by atoms with Crippen LogP contribution in [0.15, 0.2) is 116 Å². The molecule has 10 heteroatoms. The Hall–Kier alpha value is -2.29. The molecule has 0 heterocycles. The van der Waals surface area contributed by atoms with Crippen LogP contribution in [-0.2, 0) is 37.1 Å². The zero-order valence-corrected chi connectivity index (χ0v) is 60.6. The first-order valence-electron chi connectivity index (χ1n) is 34.6. The summed E-state index contributed by atoms with van der Waals surface area (Å²) in [6.45, 7) is 17.4. The number of aryl methyl sites for hydroxylation is 1. The van der Waals surface area contributed by atoms with E-state index in [1.807, 2.05) is 6.92 Å². The van der Waals surface area contributed by atoms with Gasteiger partial charge < -0.3 is 9.47 Å². The van der Waals surface area contributed by atoms with Crippen LogP contribution in [0, 0.1) is 65.9 Å². The number of methoxy groups -OCH3 is 1. The molecule has 4 aromatic rings. The average molecular weight is 1330 g/mol. The van der Waals surface area contributed by atoms with E-state index in [0.29, 0.717) is 5.92 Å². The van der Waals surface area contributed by atoms with E-state index >= 15 is 0 Å². The Bertz CT molecular complexity index is 2380. The van der Waals surface area contributed by atoms with Gasteiger partial charge in [0, 0.05) is 37.1 Å². The molecule has 1 unspecified atom stereocenters. The van der Waals surface area contributed by atoms with Gasteiger partial charge in [0.05, 0.1) is 13.7 Å². The van der Waals surface area contributed by atoms with Crippen molar-refractivity contribution in [3.63, 3.8) is 0 Å². The molecule has 6 aliphatic carbocycles. The molecule has 0 spiro atoms. The molecular weight excluding hydrogens is 1210 g/mol. The summed E-state index contributed by atoms with van der Waals surface area (Å²) >= 11 is 0. The summed E-state index contributed by atoms with van der Waals surface area (Å²) in [7, 11) is -0.184. The Morgan fingerprint density at radius 3 is 1.08 bits per heavy atom. The zero-order chi connectivity index (χ0) is 60.6. The molecule has 0 N–H and O–H groups in total. The van der Waals surface area contributed by atoms with Crippen molar-refractivity contribution in [2.24, 2.45) is 47.3 Å². The molecule has 4 aromatic carbocycles. The third-order valence-corrected chi connectivity index (χ3v) is 21.5. The van der Waals surface area contributed by atoms with Gasteiger partial charge in [-0.25, -0.2) is 8.78 Å². The maximum absolute atomic E-state index is 13.4. The molecule has 6 saturated carbocycles. The first-order chi connectivity index (χ1) is 41.5. The molecule has 6 aliphatic rings. The van der Waals surface area contributed by atoms with Crippen molar-refractivity contribution in [2.75, 3.05) is 13.7 Å². The number of hydrogen-bond acceptors (Lipinski definition) is 2. The number of rotatable bonds is 19. The maximum Gasteiger partial charge on any atom is 0.253 e. The molecule has 0 aliphatic heterocycles. The second-order valence-corrected chi connectivity index (χ2v) is 27.0. The van der Waals surface area contributed by atoms with Gasteiger partial charge in [-0.1, -0.05) is 138 Å². The monoisotopic (exact) mass is 1330 g/mol. The second kappa shape index (κ2) is 45.9. The summed E-state index contributed by atoms with van der Waals surface area (Å²) in [6.07, 6.45) is 48.3. The minimum atomic E-state index is -1.92. The summed E-state index contributed by atoms with van der Waals surface area (Å²) in [5.41, 5.74) is 6.96. The fraction of sp³-hybridized carbons (Fsp3) is 0.641. The average Bonchev–Trinajstić information content (AvgIpc) is 3.76. The van der Waals surface area contributed by atoms with E-state index in [9.17, 15) is 17.2 Å². The minimum Gasteiger partial charge on any atom is -0.497 e. The van der Waals surface area contributed by atoms with Crippen molar-refractivity contribution >= 4 is 19.1 Å². The number of unbranched alkanes of at least 4 members (excludes halogenated alkanes) is 4. The largest absolute Gasteiger partial charge is 0.497 e. The van der Waals surface area contributed by atoms with E-state index in [2.05, 4.69) is 119 Å². The minimum absolute atomic E-state index is 0. The van der Waals surface area contributed by atoms with Crippen LogP contribution in [0.5, 0.6) is 11.5 Å². The van der Waals surface area contributed by atoms with Gasteiger partial charge in [-0.2, -0.15) is 18.3 Å². The quantitative estimate of drug-likeness (QED) is 0.0403. The van der Waals surface area contributed by atoms with E-state index in [1.165, 1.54) is 221 Å². The number of allylic oxidation sites excluding steroid dienone is 2. The maximum atomic E-state index is 13.4. The molecular formula is C78H118F4O2P2V2. The fourth-order valence-electron chi connectivity index (χ4n) is 16.0. The molecule has 0 aromatic heterocycles. The number of ether oxygens (including phenoxy) is 2. The van der Waals surface area contributed by atoms with E-state index in [0.717, 1.165) is 102 Å². The predicted octanol–water partition coefficient (Wildman–Crippen LogP) is 25.5. The van der Waals surface area contributed by atoms with Gasteiger partial charge in [-0.15, -0.1) is 13.2 Å². The van der Waals surface area contributed by atoms with Gasteiger partial charge in [-0.05, 0) is 298 Å². The number of benzene rings is 4. The molecule has 2 nitrogen and oxygen atoms in total. The summed E-state index contributed by atoms with van der Waals surface area (Å²) in [4.78, 5) is 0. The molecule has 10 rings (SSSR count). The topological polar surface area (TPSA) is 18.5 Å². The fourth-order valence-corrected chi connectivity index (χ4v) is 16.0. The smallest absolute Gasteiger partial charge is 0.253 e. The second-order valence-electron chi connectivity index (χ2n) is 26.9. The Labute approximate surface area is 564 Å². The summed E-state index contributed by atoms with van der Waals surface area (Å²) in [6, 6.07) is 31.2. The third-order valence-electron chi connectivity index (χ3n) is 21.5. The van der Waals surface area contributed by atoms with Crippen molar-refractivity contribution in [3.05, 3.63) is 156 Å². The van der Waals surface area contributed by atoms with Crippen LogP contribution in [0.25, 0.3) is 0 Å². The Balaban J connectivity index is 0.000000299. The SMILES string of the molecule is C=CC1CCC(C2CCC(c3ccc(C)cc3)CC2)CC1.C=CC1CCC(C2CCC(c3ccc(F)c(F)c3)CC2)CC1.CCCCCC1CCC(c2ccc(OC)cc2)CC1.CCCCCC1CCC(c2ccc(OCC)cc2)CC1.FPF.P.[V].[V]. The molecule has 1 atom stereocenters. The van der Waals surface area contributed by atoms with Gasteiger partial charge in [0.15, 0.2) is 11.6 Å².